The molecule has 1 amide bonds. The second kappa shape index (κ2) is 12.0. The maximum atomic E-state index is 13.2. The van der Waals surface area contributed by atoms with Crippen LogP contribution in [0.1, 0.15) is 52.3 Å². The van der Waals surface area contributed by atoms with E-state index in [1.165, 1.54) is 0 Å². The van der Waals surface area contributed by atoms with Gasteiger partial charge in [-0.1, -0.05) is 54.6 Å². The van der Waals surface area contributed by atoms with Gasteiger partial charge in [-0.2, -0.15) is 0 Å². The summed E-state index contributed by atoms with van der Waals surface area (Å²) in [6.45, 7) is 4.13. The Balaban J connectivity index is 1.45. The normalized spacial score (nSPS) is 11.6. The summed E-state index contributed by atoms with van der Waals surface area (Å²) in [6, 6.07) is 24.4. The minimum atomic E-state index is -0.915. The van der Waals surface area contributed by atoms with Crippen molar-refractivity contribution in [2.24, 2.45) is 0 Å². The number of hydrogen-bond donors (Lipinski definition) is 2. The highest BCUT2D eigenvalue weighted by Crippen LogP contribution is 2.24. The maximum Gasteiger partial charge on any atom is 0.303 e. The second-order valence-corrected chi connectivity index (χ2v) is 8.80. The zero-order valence-electron chi connectivity index (χ0n) is 20.9. The number of aryl methyl sites for hydroxylation is 2. The fraction of sp³-hybridized carbons (Fsp3) is 0.233. The van der Waals surface area contributed by atoms with Crippen LogP contribution in [0.25, 0.3) is 11.5 Å². The molecule has 0 bridgehead atoms. The first-order valence-corrected chi connectivity index (χ1v) is 12.3. The number of carbonyl (C=O) groups excluding carboxylic acids is 1. The highest BCUT2D eigenvalue weighted by atomic mass is 16.5. The number of carboxylic acids is 1. The van der Waals surface area contributed by atoms with Gasteiger partial charge in [0.1, 0.15) is 11.5 Å². The lowest BCUT2D eigenvalue weighted by Gasteiger charge is -2.17. The zero-order chi connectivity index (χ0) is 26.2. The van der Waals surface area contributed by atoms with Crippen molar-refractivity contribution in [2.75, 3.05) is 6.61 Å². The van der Waals surface area contributed by atoms with Crippen molar-refractivity contribution < 1.29 is 23.8 Å². The fourth-order valence-corrected chi connectivity index (χ4v) is 4.05. The fourth-order valence-electron chi connectivity index (χ4n) is 4.05. The number of ether oxygens (including phenoxy) is 1. The summed E-state index contributed by atoms with van der Waals surface area (Å²) in [7, 11) is 0. The monoisotopic (exact) mass is 498 g/mol. The molecule has 1 unspecified atom stereocenters. The van der Waals surface area contributed by atoms with Gasteiger partial charge in [-0.25, -0.2) is 4.98 Å². The van der Waals surface area contributed by atoms with E-state index in [0.717, 1.165) is 22.6 Å². The predicted molar refractivity (Wildman–Crippen MR) is 141 cm³/mol. The number of nitrogens with one attached hydrogen (secondary N) is 1. The molecule has 1 heterocycles. The Kier molecular flexibility index (Phi) is 8.36. The van der Waals surface area contributed by atoms with E-state index >= 15 is 0 Å². The number of aliphatic carboxylic acids is 1. The van der Waals surface area contributed by atoms with Gasteiger partial charge in [0.05, 0.1) is 18.3 Å². The Morgan fingerprint density at radius 1 is 1.00 bits per heavy atom. The van der Waals surface area contributed by atoms with Crippen LogP contribution in [0.5, 0.6) is 5.75 Å². The average Bonchev–Trinajstić information content (AvgIpc) is 3.29. The zero-order valence-corrected chi connectivity index (χ0v) is 20.9. The lowest BCUT2D eigenvalue weighted by molar-refractivity contribution is -0.136. The Morgan fingerprint density at radius 2 is 1.70 bits per heavy atom. The van der Waals surface area contributed by atoms with Gasteiger partial charge in [0.2, 0.25) is 5.89 Å². The molecule has 4 aromatic rings. The van der Waals surface area contributed by atoms with Crippen LogP contribution in [0.15, 0.2) is 83.3 Å². The van der Waals surface area contributed by atoms with Crippen LogP contribution in [0.2, 0.25) is 0 Å². The third-order valence-electron chi connectivity index (χ3n) is 6.10. The summed E-state index contributed by atoms with van der Waals surface area (Å²) in [5, 5.41) is 12.1. The number of hydrogen-bond acceptors (Lipinski definition) is 5. The van der Waals surface area contributed by atoms with Gasteiger partial charge in [-0.05, 0) is 55.7 Å². The third kappa shape index (κ3) is 6.85. The Labute approximate surface area is 216 Å². The van der Waals surface area contributed by atoms with Gasteiger partial charge in [0, 0.05) is 24.0 Å². The molecule has 7 heteroatoms. The minimum Gasteiger partial charge on any atom is -0.493 e. The van der Waals surface area contributed by atoms with Gasteiger partial charge in [-0.3, -0.25) is 9.59 Å². The number of rotatable bonds is 11. The van der Waals surface area contributed by atoms with Gasteiger partial charge in [0.15, 0.2) is 0 Å². The van der Waals surface area contributed by atoms with E-state index in [2.05, 4.69) is 10.3 Å². The van der Waals surface area contributed by atoms with Crippen LogP contribution in [-0.2, 0) is 17.6 Å². The Morgan fingerprint density at radius 3 is 2.41 bits per heavy atom. The standard InChI is InChI=1S/C30H30N2O5/c1-20(22-9-5-3-6-10-22)31-29(35)26-19-25(15-13-23(26)14-16-28(33)34)36-18-17-27-21(2)37-30(32-27)24-11-7-4-8-12-24/h3-13,15,19-20H,14,16-18H2,1-2H3,(H,31,35)(H,33,34). The molecule has 2 N–H and O–H groups in total. The number of nitrogens with zero attached hydrogens (tertiary/aromatic N) is 1. The van der Waals surface area contributed by atoms with Gasteiger partial charge in [0.25, 0.3) is 5.91 Å². The summed E-state index contributed by atoms with van der Waals surface area (Å²) < 4.78 is 11.8. The van der Waals surface area contributed by atoms with Crippen LogP contribution in [0, 0.1) is 6.92 Å². The largest absolute Gasteiger partial charge is 0.493 e. The summed E-state index contributed by atoms with van der Waals surface area (Å²) in [5.74, 6) is 0.647. The molecule has 7 nitrogen and oxygen atoms in total. The summed E-state index contributed by atoms with van der Waals surface area (Å²) in [5.41, 5.74) is 3.77. The molecule has 37 heavy (non-hydrogen) atoms. The molecule has 0 radical (unpaired) electrons. The molecule has 0 spiro atoms. The molecular weight excluding hydrogens is 468 g/mol. The second-order valence-electron chi connectivity index (χ2n) is 8.80. The molecule has 3 aromatic carbocycles. The van der Waals surface area contributed by atoms with Crippen molar-refractivity contribution in [3.8, 4) is 17.2 Å². The van der Waals surface area contributed by atoms with Crippen LogP contribution >= 0.6 is 0 Å². The van der Waals surface area contributed by atoms with Crippen LogP contribution in [-0.4, -0.2) is 28.6 Å². The summed E-state index contributed by atoms with van der Waals surface area (Å²) in [4.78, 5) is 28.9. The van der Waals surface area contributed by atoms with Crippen LogP contribution < -0.4 is 10.1 Å². The summed E-state index contributed by atoms with van der Waals surface area (Å²) in [6.07, 6.45) is 0.720. The lowest BCUT2D eigenvalue weighted by Crippen LogP contribution is -2.27. The molecule has 0 aliphatic heterocycles. The third-order valence-corrected chi connectivity index (χ3v) is 6.10. The molecule has 0 aliphatic rings. The van der Waals surface area contributed by atoms with Crippen molar-refractivity contribution in [2.45, 2.75) is 39.2 Å². The van der Waals surface area contributed by atoms with E-state index in [9.17, 15) is 9.59 Å². The highest BCUT2D eigenvalue weighted by molar-refractivity contribution is 5.96. The predicted octanol–water partition coefficient (Wildman–Crippen LogP) is 5.78. The van der Waals surface area contributed by atoms with Crippen LogP contribution in [0.4, 0.5) is 0 Å². The van der Waals surface area contributed by atoms with Gasteiger partial charge in [-0.15, -0.1) is 0 Å². The molecule has 1 aromatic heterocycles. The smallest absolute Gasteiger partial charge is 0.303 e. The van der Waals surface area contributed by atoms with Crippen molar-refractivity contribution in [3.63, 3.8) is 0 Å². The SMILES string of the molecule is Cc1oc(-c2ccccc2)nc1CCOc1ccc(CCC(=O)O)c(C(=O)NC(C)c2ccccc2)c1. The van der Waals surface area contributed by atoms with Crippen molar-refractivity contribution in [3.05, 3.63) is 107 Å². The number of carboxylic acid groups (broad SMARTS) is 1. The average molecular weight is 499 g/mol. The molecule has 1 atom stereocenters. The molecule has 0 saturated heterocycles. The first-order chi connectivity index (χ1) is 17.9. The first-order valence-electron chi connectivity index (χ1n) is 12.3. The van der Waals surface area contributed by atoms with Crippen molar-refractivity contribution in [1.82, 2.24) is 10.3 Å². The molecule has 0 saturated carbocycles. The number of aromatic nitrogens is 1. The first kappa shape index (κ1) is 25.7. The van der Waals surface area contributed by atoms with Gasteiger partial charge >= 0.3 is 5.97 Å². The van der Waals surface area contributed by atoms with E-state index in [1.807, 2.05) is 74.5 Å². The van der Waals surface area contributed by atoms with E-state index in [-0.39, 0.29) is 24.8 Å². The Hall–Kier alpha value is -4.39. The molecule has 0 fully saturated rings. The van der Waals surface area contributed by atoms with Gasteiger partial charge < -0.3 is 19.6 Å². The molecule has 0 aliphatic carbocycles. The molecule has 4 rings (SSSR count). The van der Waals surface area contributed by atoms with E-state index in [0.29, 0.717) is 35.8 Å². The number of oxazole rings is 1. The van der Waals surface area contributed by atoms with E-state index < -0.39 is 5.97 Å². The van der Waals surface area contributed by atoms with Crippen LogP contribution in [0.3, 0.4) is 0 Å². The van der Waals surface area contributed by atoms with Crippen molar-refractivity contribution in [1.29, 1.82) is 0 Å². The Bertz CT molecular complexity index is 1350. The quantitative estimate of drug-likeness (QED) is 0.272. The number of amides is 1. The molecule has 190 valence electrons. The number of carbonyl (C=O) groups is 2. The van der Waals surface area contributed by atoms with E-state index in [1.54, 1.807) is 18.2 Å². The molecular formula is C30H30N2O5. The minimum absolute atomic E-state index is 0.0656. The lowest BCUT2D eigenvalue weighted by atomic mass is 10.0. The van der Waals surface area contributed by atoms with Crippen molar-refractivity contribution >= 4 is 11.9 Å². The van der Waals surface area contributed by atoms with E-state index in [4.69, 9.17) is 14.3 Å². The maximum absolute atomic E-state index is 13.2. The topological polar surface area (TPSA) is 102 Å². The highest BCUT2D eigenvalue weighted by Gasteiger charge is 2.17. The summed E-state index contributed by atoms with van der Waals surface area (Å²) >= 11 is 0. The number of benzene rings is 3.